The summed E-state index contributed by atoms with van der Waals surface area (Å²) in [5.41, 5.74) is -0.764. The lowest BCUT2D eigenvalue weighted by molar-refractivity contribution is -0.150. The first-order chi connectivity index (χ1) is 8.53. The van der Waals surface area contributed by atoms with Crippen LogP contribution in [0.3, 0.4) is 0 Å². The molecule has 100 valence electrons. The van der Waals surface area contributed by atoms with Gasteiger partial charge in [0, 0.05) is 32.6 Å². The van der Waals surface area contributed by atoms with Crippen molar-refractivity contribution in [1.29, 1.82) is 0 Å². The van der Waals surface area contributed by atoms with E-state index in [1.54, 1.807) is 6.20 Å². The van der Waals surface area contributed by atoms with E-state index in [0.717, 1.165) is 5.82 Å². The van der Waals surface area contributed by atoms with E-state index >= 15 is 0 Å². The minimum atomic E-state index is -0.772. The predicted molar refractivity (Wildman–Crippen MR) is 65.0 cm³/mol. The Balaban J connectivity index is 2.00. The van der Waals surface area contributed by atoms with Crippen LogP contribution in [-0.4, -0.2) is 52.3 Å². The lowest BCUT2D eigenvalue weighted by atomic mass is 9.87. The van der Waals surface area contributed by atoms with Crippen molar-refractivity contribution in [3.8, 4) is 0 Å². The lowest BCUT2D eigenvalue weighted by Gasteiger charge is -2.28. The molecule has 1 N–H and O–H groups in total. The summed E-state index contributed by atoms with van der Waals surface area (Å²) >= 11 is 0. The quantitative estimate of drug-likeness (QED) is 0.819. The zero-order valence-corrected chi connectivity index (χ0v) is 10.8. The molecule has 0 saturated carbocycles. The van der Waals surface area contributed by atoms with E-state index in [1.165, 1.54) is 0 Å². The molecule has 1 fully saturated rings. The average Bonchev–Trinajstić information content (AvgIpc) is 2.90. The second-order valence-corrected chi connectivity index (χ2v) is 5.01. The fourth-order valence-electron chi connectivity index (χ4n) is 2.33. The Morgan fingerprint density at radius 2 is 2.50 bits per heavy atom. The molecule has 18 heavy (non-hydrogen) atoms. The molecule has 1 unspecified atom stereocenters. The Morgan fingerprint density at radius 1 is 1.72 bits per heavy atom. The Hall–Kier alpha value is -1.40. The van der Waals surface area contributed by atoms with Gasteiger partial charge in [0.05, 0.1) is 13.2 Å². The van der Waals surface area contributed by atoms with Gasteiger partial charge in [-0.2, -0.15) is 0 Å². The fraction of sp³-hybridized carbons (Fsp3) is 0.667. The third kappa shape index (κ3) is 2.54. The van der Waals surface area contributed by atoms with Crippen molar-refractivity contribution in [3.63, 3.8) is 0 Å². The van der Waals surface area contributed by atoms with Gasteiger partial charge in [-0.25, -0.2) is 4.98 Å². The number of rotatable bonds is 5. The third-order valence-corrected chi connectivity index (χ3v) is 3.46. The summed E-state index contributed by atoms with van der Waals surface area (Å²) in [6.45, 7) is 1.95. The number of aliphatic carboxylic acids is 1. The maximum absolute atomic E-state index is 11.4. The van der Waals surface area contributed by atoms with Crippen LogP contribution < -0.4 is 0 Å². The van der Waals surface area contributed by atoms with Crippen molar-refractivity contribution in [1.82, 2.24) is 14.5 Å². The van der Waals surface area contributed by atoms with Crippen molar-refractivity contribution in [3.05, 3.63) is 18.2 Å². The van der Waals surface area contributed by atoms with Gasteiger partial charge in [0.1, 0.15) is 11.2 Å². The summed E-state index contributed by atoms with van der Waals surface area (Å²) in [7, 11) is 3.85. The molecule has 1 atom stereocenters. The van der Waals surface area contributed by atoms with Crippen LogP contribution in [0.5, 0.6) is 0 Å². The number of aromatic nitrogens is 2. The minimum absolute atomic E-state index is 0.299. The Kier molecular flexibility index (Phi) is 3.68. The van der Waals surface area contributed by atoms with Crippen LogP contribution in [0.1, 0.15) is 12.2 Å². The van der Waals surface area contributed by atoms with E-state index in [-0.39, 0.29) is 0 Å². The molecule has 2 heterocycles. The molecule has 6 heteroatoms. The SMILES string of the molecule is CN(Cc1nccn1C)CC1(C(=O)O)CCOC1. The molecule has 6 nitrogen and oxygen atoms in total. The number of aryl methyl sites for hydroxylation is 1. The minimum Gasteiger partial charge on any atom is -0.481 e. The van der Waals surface area contributed by atoms with E-state index < -0.39 is 11.4 Å². The van der Waals surface area contributed by atoms with Crippen molar-refractivity contribution < 1.29 is 14.6 Å². The van der Waals surface area contributed by atoms with Gasteiger partial charge in [-0.3, -0.25) is 9.69 Å². The summed E-state index contributed by atoms with van der Waals surface area (Å²) in [5, 5.41) is 9.37. The van der Waals surface area contributed by atoms with Gasteiger partial charge in [-0.1, -0.05) is 0 Å². The zero-order chi connectivity index (χ0) is 13.2. The number of hydrogen-bond donors (Lipinski definition) is 1. The molecule has 1 aliphatic heterocycles. The van der Waals surface area contributed by atoms with Crippen LogP contribution in [-0.2, 0) is 23.1 Å². The second kappa shape index (κ2) is 5.07. The standard InChI is InChI=1S/C12H19N3O3/c1-14(7-10-13-4-5-15(10)2)8-12(11(16)17)3-6-18-9-12/h4-5H,3,6-9H2,1-2H3,(H,16,17). The number of carboxylic acids is 1. The smallest absolute Gasteiger partial charge is 0.313 e. The normalized spacial score (nSPS) is 23.7. The molecule has 0 aromatic carbocycles. The van der Waals surface area contributed by atoms with Crippen molar-refractivity contribution in [2.45, 2.75) is 13.0 Å². The molecule has 0 bridgehead atoms. The molecule has 1 aromatic heterocycles. The van der Waals surface area contributed by atoms with E-state index in [9.17, 15) is 9.90 Å². The average molecular weight is 253 g/mol. The van der Waals surface area contributed by atoms with E-state index in [4.69, 9.17) is 4.74 Å². The summed E-state index contributed by atoms with van der Waals surface area (Å²) in [6, 6.07) is 0. The van der Waals surface area contributed by atoms with Crippen molar-refractivity contribution in [2.75, 3.05) is 26.8 Å². The second-order valence-electron chi connectivity index (χ2n) is 5.01. The number of hydrogen-bond acceptors (Lipinski definition) is 4. The molecule has 1 saturated heterocycles. The highest BCUT2D eigenvalue weighted by molar-refractivity contribution is 5.75. The van der Waals surface area contributed by atoms with Gasteiger partial charge in [-0.15, -0.1) is 0 Å². The highest BCUT2D eigenvalue weighted by Gasteiger charge is 2.43. The van der Waals surface area contributed by atoms with Crippen LogP contribution in [0.2, 0.25) is 0 Å². The molecule has 0 spiro atoms. The summed E-state index contributed by atoms with van der Waals surface area (Å²) in [6.07, 6.45) is 4.21. The molecule has 1 aromatic rings. The molecular formula is C12H19N3O3. The van der Waals surface area contributed by atoms with Gasteiger partial charge in [-0.05, 0) is 13.5 Å². The van der Waals surface area contributed by atoms with Crippen LogP contribution in [0.4, 0.5) is 0 Å². The lowest BCUT2D eigenvalue weighted by Crippen LogP contribution is -2.42. The first-order valence-corrected chi connectivity index (χ1v) is 5.99. The van der Waals surface area contributed by atoms with Gasteiger partial charge in [0.25, 0.3) is 0 Å². The van der Waals surface area contributed by atoms with Crippen molar-refractivity contribution >= 4 is 5.97 Å². The molecular weight excluding hydrogens is 234 g/mol. The topological polar surface area (TPSA) is 67.6 Å². The third-order valence-electron chi connectivity index (χ3n) is 3.46. The molecule has 0 aliphatic carbocycles. The molecule has 0 radical (unpaired) electrons. The number of imidazole rings is 1. The van der Waals surface area contributed by atoms with Crippen molar-refractivity contribution in [2.24, 2.45) is 12.5 Å². The summed E-state index contributed by atoms with van der Waals surface area (Å²) in [5.74, 6) is 0.156. The molecule has 2 rings (SSSR count). The van der Waals surface area contributed by atoms with Gasteiger partial charge < -0.3 is 14.4 Å². The number of ether oxygens (including phenoxy) is 1. The van der Waals surface area contributed by atoms with Crippen LogP contribution in [0.25, 0.3) is 0 Å². The summed E-state index contributed by atoms with van der Waals surface area (Å²) < 4.78 is 7.19. The van der Waals surface area contributed by atoms with Crippen LogP contribution in [0, 0.1) is 5.41 Å². The van der Waals surface area contributed by atoms with E-state index in [0.29, 0.717) is 32.7 Å². The fourth-order valence-corrected chi connectivity index (χ4v) is 2.33. The Morgan fingerprint density at radius 3 is 3.00 bits per heavy atom. The highest BCUT2D eigenvalue weighted by Crippen LogP contribution is 2.30. The number of carboxylic acid groups (broad SMARTS) is 1. The monoisotopic (exact) mass is 253 g/mol. The summed E-state index contributed by atoms with van der Waals surface area (Å²) in [4.78, 5) is 17.6. The molecule has 1 aliphatic rings. The van der Waals surface area contributed by atoms with Crippen LogP contribution in [0.15, 0.2) is 12.4 Å². The van der Waals surface area contributed by atoms with E-state index in [1.807, 2.05) is 29.8 Å². The van der Waals surface area contributed by atoms with Crippen LogP contribution >= 0.6 is 0 Å². The first-order valence-electron chi connectivity index (χ1n) is 5.99. The maximum atomic E-state index is 11.4. The Labute approximate surface area is 106 Å². The first kappa shape index (κ1) is 13.0. The van der Waals surface area contributed by atoms with Gasteiger partial charge >= 0.3 is 5.97 Å². The van der Waals surface area contributed by atoms with Gasteiger partial charge in [0.2, 0.25) is 0 Å². The number of carbonyl (C=O) groups is 1. The molecule has 0 amide bonds. The van der Waals surface area contributed by atoms with E-state index in [2.05, 4.69) is 4.98 Å². The highest BCUT2D eigenvalue weighted by atomic mass is 16.5. The Bertz CT molecular complexity index is 424. The largest absolute Gasteiger partial charge is 0.481 e. The maximum Gasteiger partial charge on any atom is 0.313 e. The van der Waals surface area contributed by atoms with Gasteiger partial charge in [0.15, 0.2) is 0 Å². The zero-order valence-electron chi connectivity index (χ0n) is 10.8. The predicted octanol–water partition coefficient (Wildman–Crippen LogP) is 0.343. The number of nitrogens with zero attached hydrogens (tertiary/aromatic N) is 3.